The summed E-state index contributed by atoms with van der Waals surface area (Å²) >= 11 is 1.27. The van der Waals surface area contributed by atoms with E-state index in [-0.39, 0.29) is 5.75 Å². The molecule has 1 aromatic heterocycles. The van der Waals surface area contributed by atoms with Gasteiger partial charge in [0.1, 0.15) is 16.9 Å². The molecule has 1 atom stereocenters. The monoisotopic (exact) mass is 683 g/mol. The zero-order valence-corrected chi connectivity index (χ0v) is 26.7. The first-order chi connectivity index (χ1) is 23.3. The van der Waals surface area contributed by atoms with Crippen molar-refractivity contribution in [3.63, 3.8) is 0 Å². The minimum absolute atomic E-state index is 0.0765. The normalized spacial score (nSPS) is 16.6. The van der Waals surface area contributed by atoms with Crippen molar-refractivity contribution < 1.29 is 41.7 Å². The number of nitrogens with zero attached hydrogens (tertiary/aromatic N) is 3. The number of carbonyl (C=O) groups is 2. The molecule has 3 heterocycles. The number of hydrogen-bond acceptors (Lipinski definition) is 9. The number of methoxy groups -OCH3 is 1. The fraction of sp³-hybridized carbons (Fsp3) is 0.303. The number of aromatic nitrogens is 1. The van der Waals surface area contributed by atoms with Crippen molar-refractivity contribution in [2.45, 2.75) is 11.8 Å². The van der Waals surface area contributed by atoms with Crippen LogP contribution in [0.15, 0.2) is 60.8 Å². The van der Waals surface area contributed by atoms with Crippen LogP contribution in [0.2, 0.25) is 0 Å². The van der Waals surface area contributed by atoms with E-state index in [2.05, 4.69) is 20.6 Å². The summed E-state index contributed by atoms with van der Waals surface area (Å²) in [6, 6.07) is 12.9. The number of morpholine rings is 1. The smallest absolute Gasteiger partial charge is 0.338 e. The molecule has 0 radical (unpaired) electrons. The van der Waals surface area contributed by atoms with Crippen LogP contribution in [0.4, 0.5) is 23.7 Å². The zero-order valence-electron chi connectivity index (χ0n) is 25.8. The Morgan fingerprint density at radius 1 is 1.02 bits per heavy atom. The lowest BCUT2D eigenvalue weighted by Crippen LogP contribution is -2.46. The lowest BCUT2D eigenvalue weighted by atomic mass is 10.1. The van der Waals surface area contributed by atoms with Crippen molar-refractivity contribution in [3.8, 4) is 23.0 Å². The molecule has 2 saturated heterocycles. The summed E-state index contributed by atoms with van der Waals surface area (Å²) in [7, 11) is 1.58. The summed E-state index contributed by atoms with van der Waals surface area (Å²) in [5.74, 6) is -2.79. The predicted molar refractivity (Wildman–Crippen MR) is 173 cm³/mol. The molecular formula is C33H32F3N5O6S. The highest BCUT2D eigenvalue weighted by Gasteiger charge is 2.34. The van der Waals surface area contributed by atoms with Gasteiger partial charge in [-0.15, -0.1) is 11.8 Å². The quantitative estimate of drug-likeness (QED) is 0.148. The number of nitrogens with one attached hydrogen (secondary N) is 2. The Labute approximate surface area is 278 Å². The predicted octanol–water partition coefficient (Wildman–Crippen LogP) is 5.86. The van der Waals surface area contributed by atoms with Gasteiger partial charge in [-0.2, -0.15) is 0 Å². The van der Waals surface area contributed by atoms with Gasteiger partial charge in [-0.25, -0.2) is 28.4 Å². The van der Waals surface area contributed by atoms with Crippen LogP contribution in [0.3, 0.4) is 0 Å². The van der Waals surface area contributed by atoms with Gasteiger partial charge in [0.15, 0.2) is 29.0 Å². The zero-order chi connectivity index (χ0) is 33.6. The number of carbonyl (C=O) groups excluding carboxylic acids is 2. The number of ether oxygens (including phenoxy) is 4. The molecule has 11 nitrogen and oxygen atoms in total. The molecule has 6 rings (SSSR count). The fourth-order valence-electron chi connectivity index (χ4n) is 5.29. The molecule has 0 saturated carbocycles. The van der Waals surface area contributed by atoms with E-state index < -0.39 is 40.5 Å². The lowest BCUT2D eigenvalue weighted by Gasteiger charge is -2.26. The van der Waals surface area contributed by atoms with Crippen LogP contribution >= 0.6 is 11.8 Å². The third-order valence-corrected chi connectivity index (χ3v) is 8.95. The van der Waals surface area contributed by atoms with Crippen molar-refractivity contribution in [2.24, 2.45) is 0 Å². The van der Waals surface area contributed by atoms with E-state index in [1.807, 2.05) is 12.1 Å². The summed E-state index contributed by atoms with van der Waals surface area (Å²) in [5.41, 5.74) is 3.13. The lowest BCUT2D eigenvalue weighted by molar-refractivity contribution is -0.130. The molecule has 2 fully saturated rings. The third kappa shape index (κ3) is 7.53. The number of rotatable bonds is 11. The molecule has 48 heavy (non-hydrogen) atoms. The number of benzene rings is 3. The highest BCUT2D eigenvalue weighted by atomic mass is 32.2. The van der Waals surface area contributed by atoms with E-state index >= 15 is 0 Å². The Kier molecular flexibility index (Phi) is 10.4. The molecule has 0 aliphatic carbocycles. The highest BCUT2D eigenvalue weighted by Crippen LogP contribution is 2.40. The highest BCUT2D eigenvalue weighted by molar-refractivity contribution is 8.00. The minimum Gasteiger partial charge on any atom is -0.493 e. The third-order valence-electron chi connectivity index (χ3n) is 7.73. The molecule has 0 bridgehead atoms. The summed E-state index contributed by atoms with van der Waals surface area (Å²) in [4.78, 5) is 32.0. The molecular weight excluding hydrogens is 651 g/mol. The molecule has 4 aromatic rings. The molecule has 252 valence electrons. The number of hydrazine groups is 1. The molecule has 2 aliphatic rings. The van der Waals surface area contributed by atoms with E-state index in [0.717, 1.165) is 55.7 Å². The van der Waals surface area contributed by atoms with Gasteiger partial charge in [0.05, 0.1) is 43.9 Å². The topological polar surface area (TPSA) is 114 Å². The first-order valence-corrected chi connectivity index (χ1v) is 16.2. The largest absolute Gasteiger partial charge is 0.493 e. The molecule has 2 aliphatic heterocycles. The van der Waals surface area contributed by atoms with E-state index in [1.165, 1.54) is 11.8 Å². The Balaban J connectivity index is 1.10. The first-order valence-electron chi connectivity index (χ1n) is 15.1. The van der Waals surface area contributed by atoms with Crippen LogP contribution in [-0.2, 0) is 9.53 Å². The maximum absolute atomic E-state index is 14.0. The summed E-state index contributed by atoms with van der Waals surface area (Å²) in [6.07, 6.45) is 2.50. The number of thioether (sulfide) groups is 1. The number of pyridine rings is 1. The average Bonchev–Trinajstić information content (AvgIpc) is 3.46. The Hall–Kier alpha value is -4.73. The Bertz CT molecular complexity index is 1790. The van der Waals surface area contributed by atoms with Crippen LogP contribution in [0.1, 0.15) is 17.4 Å². The standard InChI is InChI=1S/C33H32F3N5O6S/c1-44-27-17-22-25(18-28(27)46-14-2-11-40-12-15-45-16-13-40)37-10-9-26(22)47-21-5-3-20(4-6-21)32-41(29(42)19-48-32)39-33(43)38-24-8-7-23(34)30(35)31(24)36/h3-10,17-18,32H,2,11-16,19H2,1H3,(H2,38,39,43). The van der Waals surface area contributed by atoms with Gasteiger partial charge in [-0.3, -0.25) is 14.7 Å². The number of amides is 3. The van der Waals surface area contributed by atoms with Crippen molar-refractivity contribution in [1.29, 1.82) is 0 Å². The van der Waals surface area contributed by atoms with Crippen LogP contribution in [0, 0.1) is 17.5 Å². The summed E-state index contributed by atoms with van der Waals surface area (Å²) in [5, 5.41) is 3.31. The van der Waals surface area contributed by atoms with E-state index in [1.54, 1.807) is 43.6 Å². The number of urea groups is 1. The maximum Gasteiger partial charge on any atom is 0.338 e. The first kappa shape index (κ1) is 33.2. The molecule has 3 amide bonds. The number of halogens is 3. The molecule has 3 aromatic carbocycles. The Morgan fingerprint density at radius 3 is 2.58 bits per heavy atom. The van der Waals surface area contributed by atoms with Crippen molar-refractivity contribution in [2.75, 3.05) is 57.6 Å². The van der Waals surface area contributed by atoms with Crippen molar-refractivity contribution in [3.05, 3.63) is 83.8 Å². The van der Waals surface area contributed by atoms with Gasteiger partial charge in [0.2, 0.25) is 0 Å². The number of anilines is 1. The van der Waals surface area contributed by atoms with Gasteiger partial charge in [0, 0.05) is 37.3 Å². The summed E-state index contributed by atoms with van der Waals surface area (Å²) in [6.45, 7) is 4.82. The van der Waals surface area contributed by atoms with Crippen LogP contribution in [-0.4, -0.2) is 79.1 Å². The second-order valence-corrected chi connectivity index (χ2v) is 11.9. The van der Waals surface area contributed by atoms with Gasteiger partial charge < -0.3 is 24.3 Å². The van der Waals surface area contributed by atoms with Gasteiger partial charge in [-0.05, 0) is 48.4 Å². The molecule has 2 N–H and O–H groups in total. The van der Waals surface area contributed by atoms with Crippen LogP contribution in [0.5, 0.6) is 23.0 Å². The number of hydrogen-bond donors (Lipinski definition) is 2. The fourth-order valence-corrected chi connectivity index (χ4v) is 6.39. The van der Waals surface area contributed by atoms with Crippen LogP contribution in [0.25, 0.3) is 10.9 Å². The van der Waals surface area contributed by atoms with E-state index in [9.17, 15) is 22.8 Å². The van der Waals surface area contributed by atoms with Crippen molar-refractivity contribution >= 4 is 40.3 Å². The maximum atomic E-state index is 14.0. The molecule has 1 unspecified atom stereocenters. The number of fused-ring (bicyclic) bond motifs is 1. The van der Waals surface area contributed by atoms with Gasteiger partial charge in [0.25, 0.3) is 5.91 Å². The van der Waals surface area contributed by atoms with Gasteiger partial charge >= 0.3 is 6.03 Å². The molecule has 0 spiro atoms. The summed E-state index contributed by atoms with van der Waals surface area (Å²) < 4.78 is 64.1. The second kappa shape index (κ2) is 15.0. The average molecular weight is 684 g/mol. The second-order valence-electron chi connectivity index (χ2n) is 10.9. The van der Waals surface area contributed by atoms with E-state index in [4.69, 9.17) is 18.9 Å². The van der Waals surface area contributed by atoms with Gasteiger partial charge in [-0.1, -0.05) is 12.1 Å². The SMILES string of the molecule is COc1cc2c(Oc3ccc(C4SCC(=O)N4NC(=O)Nc4ccc(F)c(F)c4F)cc3)ccnc2cc1OCCCN1CCOCC1. The Morgan fingerprint density at radius 2 is 1.81 bits per heavy atom. The van der Waals surface area contributed by atoms with Crippen molar-refractivity contribution in [1.82, 2.24) is 20.3 Å². The van der Waals surface area contributed by atoms with Crippen LogP contribution < -0.4 is 25.0 Å². The molecule has 15 heteroatoms. The minimum atomic E-state index is -1.72. The van der Waals surface area contributed by atoms with E-state index in [0.29, 0.717) is 46.8 Å².